The van der Waals surface area contributed by atoms with E-state index in [1.54, 1.807) is 12.2 Å². The zero-order valence-electron chi connectivity index (χ0n) is 20.0. The van der Waals surface area contributed by atoms with Crippen LogP contribution in [-0.4, -0.2) is 24.8 Å². The van der Waals surface area contributed by atoms with Crippen LogP contribution in [0, 0.1) is 0 Å². The lowest BCUT2D eigenvalue weighted by Crippen LogP contribution is -2.36. The van der Waals surface area contributed by atoms with Crippen LogP contribution in [0.25, 0.3) is 0 Å². The van der Waals surface area contributed by atoms with Crippen molar-refractivity contribution in [2.75, 3.05) is 6.61 Å². The Hall–Kier alpha value is -3.67. The van der Waals surface area contributed by atoms with Gasteiger partial charge in [-0.3, -0.25) is 4.79 Å². The van der Waals surface area contributed by atoms with Gasteiger partial charge >= 0.3 is 5.97 Å². The number of allylic oxidation sites excluding steroid dienone is 1. The zero-order chi connectivity index (χ0) is 24.7. The topological polar surface area (TPSA) is 54.0 Å². The molecule has 0 heterocycles. The molecule has 5 nitrogen and oxygen atoms in total. The van der Waals surface area contributed by atoms with E-state index >= 15 is 0 Å². The van der Waals surface area contributed by atoms with Gasteiger partial charge in [-0.25, -0.2) is 0 Å². The summed E-state index contributed by atoms with van der Waals surface area (Å²) in [6.45, 7) is 6.53. The Balaban J connectivity index is 1.75. The Bertz CT molecular complexity index is 1050. The maximum Gasteiger partial charge on any atom is 0.303 e. The van der Waals surface area contributed by atoms with Gasteiger partial charge in [-0.2, -0.15) is 0 Å². The van der Waals surface area contributed by atoms with Crippen molar-refractivity contribution in [3.63, 3.8) is 0 Å². The van der Waals surface area contributed by atoms with Gasteiger partial charge < -0.3 is 18.9 Å². The monoisotopic (exact) mass is 472 g/mol. The van der Waals surface area contributed by atoms with Gasteiger partial charge in [0.1, 0.15) is 18.5 Å². The third-order valence-corrected chi connectivity index (χ3v) is 5.14. The molecule has 0 amide bonds. The van der Waals surface area contributed by atoms with E-state index in [4.69, 9.17) is 18.9 Å². The highest BCUT2D eigenvalue weighted by Crippen LogP contribution is 2.17. The van der Waals surface area contributed by atoms with Crippen molar-refractivity contribution in [3.05, 3.63) is 132 Å². The number of esters is 1. The fourth-order valence-electron chi connectivity index (χ4n) is 3.38. The summed E-state index contributed by atoms with van der Waals surface area (Å²) in [4.78, 5) is 11.9. The van der Waals surface area contributed by atoms with Crippen LogP contribution >= 0.6 is 0 Å². The quantitative estimate of drug-likeness (QED) is 0.163. The minimum atomic E-state index is -0.671. The van der Waals surface area contributed by atoms with Crippen LogP contribution in [0.15, 0.2) is 115 Å². The van der Waals surface area contributed by atoms with Gasteiger partial charge in [-0.05, 0) is 28.8 Å². The second-order valence-corrected chi connectivity index (χ2v) is 7.96. The number of hydrogen-bond donors (Lipinski definition) is 0. The number of ether oxygens (including phenoxy) is 4. The minimum Gasteiger partial charge on any atom is -0.489 e. The lowest BCUT2D eigenvalue weighted by Gasteiger charge is -2.25. The van der Waals surface area contributed by atoms with E-state index < -0.39 is 18.2 Å². The van der Waals surface area contributed by atoms with E-state index in [0.29, 0.717) is 25.6 Å². The normalized spacial score (nSPS) is 13.0. The fraction of sp³-hybridized carbons (Fsp3) is 0.233. The van der Waals surface area contributed by atoms with Gasteiger partial charge in [0, 0.05) is 6.92 Å². The Morgan fingerprint density at radius 3 is 1.83 bits per heavy atom. The Kier molecular flexibility index (Phi) is 10.8. The average Bonchev–Trinajstić information content (AvgIpc) is 2.89. The smallest absolute Gasteiger partial charge is 0.303 e. The lowest BCUT2D eigenvalue weighted by atomic mass is 10.1. The molecule has 3 aromatic carbocycles. The molecule has 3 aromatic rings. The van der Waals surface area contributed by atoms with Crippen LogP contribution in [0.3, 0.4) is 0 Å². The highest BCUT2D eigenvalue weighted by molar-refractivity contribution is 5.66. The molecule has 0 aliphatic heterocycles. The van der Waals surface area contributed by atoms with E-state index in [9.17, 15) is 4.79 Å². The molecule has 0 N–H and O–H groups in total. The SMILES string of the molecule is C=C/C(=C/[C@H](OCc1ccccc1)[C@@H](COCc1ccccc1)OC(C)=O)OCc1ccccc1. The highest BCUT2D eigenvalue weighted by Gasteiger charge is 2.25. The van der Waals surface area contributed by atoms with Gasteiger partial charge in [0.05, 0.1) is 19.8 Å². The van der Waals surface area contributed by atoms with E-state index in [0.717, 1.165) is 16.7 Å². The maximum absolute atomic E-state index is 11.9. The predicted octanol–water partition coefficient (Wildman–Crippen LogP) is 6.01. The van der Waals surface area contributed by atoms with Gasteiger partial charge in [0.2, 0.25) is 0 Å². The average molecular weight is 473 g/mol. The highest BCUT2D eigenvalue weighted by atomic mass is 16.6. The van der Waals surface area contributed by atoms with Gasteiger partial charge in [-0.15, -0.1) is 0 Å². The predicted molar refractivity (Wildman–Crippen MR) is 136 cm³/mol. The standard InChI is InChI=1S/C30H32O5/c1-3-28(33-21-26-15-9-5-10-16-26)19-29(34-22-27-17-11-6-12-18-27)30(35-24(2)31)23-32-20-25-13-7-4-8-14-25/h3-19,29-30H,1,20-23H2,2H3/b28-19-/t29-,30+/m0/s1. The van der Waals surface area contributed by atoms with Crippen molar-refractivity contribution in [2.24, 2.45) is 0 Å². The Morgan fingerprint density at radius 1 is 0.800 bits per heavy atom. The molecule has 182 valence electrons. The van der Waals surface area contributed by atoms with Crippen molar-refractivity contribution in [3.8, 4) is 0 Å². The third-order valence-electron chi connectivity index (χ3n) is 5.14. The van der Waals surface area contributed by atoms with E-state index in [1.807, 2.05) is 91.0 Å². The zero-order valence-corrected chi connectivity index (χ0v) is 20.0. The third kappa shape index (κ3) is 9.61. The van der Waals surface area contributed by atoms with Crippen LogP contribution in [0.4, 0.5) is 0 Å². The summed E-state index contributed by atoms with van der Waals surface area (Å²) in [5.74, 6) is 0.123. The summed E-state index contributed by atoms with van der Waals surface area (Å²) in [6, 6.07) is 29.5. The van der Waals surface area contributed by atoms with E-state index in [2.05, 4.69) is 6.58 Å². The Labute approximate surface area is 207 Å². The molecule has 35 heavy (non-hydrogen) atoms. The van der Waals surface area contributed by atoms with Crippen LogP contribution in [0.5, 0.6) is 0 Å². The molecule has 0 aliphatic rings. The van der Waals surface area contributed by atoms with Crippen LogP contribution in [0.2, 0.25) is 0 Å². The first-order chi connectivity index (χ1) is 17.1. The molecule has 0 saturated carbocycles. The minimum absolute atomic E-state index is 0.160. The van der Waals surface area contributed by atoms with Crippen LogP contribution in [0.1, 0.15) is 23.6 Å². The molecule has 3 rings (SSSR count). The fourth-order valence-corrected chi connectivity index (χ4v) is 3.38. The van der Waals surface area contributed by atoms with Gasteiger partial charge in [0.15, 0.2) is 6.10 Å². The molecule has 0 aliphatic carbocycles. The molecular weight excluding hydrogens is 440 g/mol. The lowest BCUT2D eigenvalue weighted by molar-refractivity contribution is -0.158. The molecule has 5 heteroatoms. The molecule has 2 atom stereocenters. The molecule has 0 bridgehead atoms. The summed E-state index contributed by atoms with van der Waals surface area (Å²) in [5, 5.41) is 0. The van der Waals surface area contributed by atoms with Crippen LogP contribution in [-0.2, 0) is 43.6 Å². The first kappa shape index (κ1) is 25.9. The van der Waals surface area contributed by atoms with Crippen molar-refractivity contribution in [1.82, 2.24) is 0 Å². The van der Waals surface area contributed by atoms with Crippen molar-refractivity contribution >= 4 is 5.97 Å². The molecular formula is C30H32O5. The second-order valence-electron chi connectivity index (χ2n) is 7.96. The summed E-state index contributed by atoms with van der Waals surface area (Å²) >= 11 is 0. The Morgan fingerprint density at radius 2 is 1.31 bits per heavy atom. The van der Waals surface area contributed by atoms with Crippen molar-refractivity contribution in [1.29, 1.82) is 0 Å². The number of carbonyl (C=O) groups is 1. The van der Waals surface area contributed by atoms with Crippen LogP contribution < -0.4 is 0 Å². The maximum atomic E-state index is 11.9. The number of benzene rings is 3. The van der Waals surface area contributed by atoms with Gasteiger partial charge in [-0.1, -0.05) is 97.6 Å². The molecule has 0 spiro atoms. The van der Waals surface area contributed by atoms with Crippen molar-refractivity contribution < 1.29 is 23.7 Å². The summed E-state index contributed by atoms with van der Waals surface area (Å²) in [7, 11) is 0. The van der Waals surface area contributed by atoms with E-state index in [-0.39, 0.29) is 6.61 Å². The summed E-state index contributed by atoms with van der Waals surface area (Å²) in [6.07, 6.45) is 2.13. The number of carbonyl (C=O) groups excluding carboxylic acids is 1. The summed E-state index contributed by atoms with van der Waals surface area (Å²) in [5.41, 5.74) is 3.07. The number of rotatable bonds is 14. The van der Waals surface area contributed by atoms with Crippen molar-refractivity contribution in [2.45, 2.75) is 39.0 Å². The second kappa shape index (κ2) is 14.6. The molecule has 0 fully saturated rings. The largest absolute Gasteiger partial charge is 0.489 e. The molecule has 0 radical (unpaired) electrons. The molecule has 0 unspecified atom stereocenters. The first-order valence-electron chi connectivity index (χ1n) is 11.6. The number of hydrogen-bond acceptors (Lipinski definition) is 5. The first-order valence-corrected chi connectivity index (χ1v) is 11.6. The molecule has 0 saturated heterocycles. The molecule has 0 aromatic heterocycles. The van der Waals surface area contributed by atoms with E-state index in [1.165, 1.54) is 6.92 Å². The summed E-state index contributed by atoms with van der Waals surface area (Å²) < 4.78 is 23.7. The van der Waals surface area contributed by atoms with Gasteiger partial charge in [0.25, 0.3) is 0 Å².